The zero-order chi connectivity index (χ0) is 11.8. The van der Waals surface area contributed by atoms with Gasteiger partial charge in [-0.3, -0.25) is 9.36 Å². The van der Waals surface area contributed by atoms with Gasteiger partial charge in [-0.2, -0.15) is 0 Å². The predicted octanol–water partition coefficient (Wildman–Crippen LogP) is 2.76. The third-order valence-corrected chi connectivity index (χ3v) is 3.44. The SMILES string of the molecule is O=c1c(Br)cncn1C1CCC(F)(F)CC1. The standard InChI is InChI=1S/C10H11BrF2N2O/c11-8-5-14-6-15(9(8)16)7-1-3-10(12,13)4-2-7/h5-7H,1-4H2. The number of aromatic nitrogens is 2. The molecule has 88 valence electrons. The molecule has 2 rings (SSSR count). The smallest absolute Gasteiger partial charge is 0.267 e. The Labute approximate surface area is 99.6 Å². The first kappa shape index (κ1) is 11.7. The lowest BCUT2D eigenvalue weighted by atomic mass is 9.92. The molecular formula is C10H11BrF2N2O. The maximum Gasteiger partial charge on any atom is 0.267 e. The van der Waals surface area contributed by atoms with Gasteiger partial charge >= 0.3 is 0 Å². The number of hydrogen-bond donors (Lipinski definition) is 0. The van der Waals surface area contributed by atoms with Gasteiger partial charge in [-0.15, -0.1) is 0 Å². The summed E-state index contributed by atoms with van der Waals surface area (Å²) >= 11 is 3.09. The molecule has 1 aliphatic rings. The van der Waals surface area contributed by atoms with E-state index in [2.05, 4.69) is 20.9 Å². The summed E-state index contributed by atoms with van der Waals surface area (Å²) in [5, 5.41) is 0. The van der Waals surface area contributed by atoms with E-state index in [-0.39, 0.29) is 24.4 Å². The quantitative estimate of drug-likeness (QED) is 0.798. The van der Waals surface area contributed by atoms with Gasteiger partial charge in [0.05, 0.1) is 6.33 Å². The van der Waals surface area contributed by atoms with Crippen molar-refractivity contribution in [3.05, 3.63) is 27.4 Å². The Kier molecular flexibility index (Phi) is 3.10. The number of alkyl halides is 2. The van der Waals surface area contributed by atoms with Crippen LogP contribution in [-0.4, -0.2) is 15.5 Å². The highest BCUT2D eigenvalue weighted by atomic mass is 79.9. The van der Waals surface area contributed by atoms with E-state index in [4.69, 9.17) is 0 Å². The van der Waals surface area contributed by atoms with E-state index < -0.39 is 5.92 Å². The summed E-state index contributed by atoms with van der Waals surface area (Å²) in [6.07, 6.45) is 3.17. The molecule has 1 aromatic heterocycles. The van der Waals surface area contributed by atoms with Gasteiger partial charge in [0.1, 0.15) is 4.47 Å². The van der Waals surface area contributed by atoms with Gasteiger partial charge < -0.3 is 0 Å². The first-order valence-electron chi connectivity index (χ1n) is 5.09. The predicted molar refractivity (Wildman–Crippen MR) is 58.6 cm³/mol. The van der Waals surface area contributed by atoms with Crippen LogP contribution in [0.4, 0.5) is 8.78 Å². The minimum absolute atomic E-state index is 0.155. The normalized spacial score (nSPS) is 20.9. The van der Waals surface area contributed by atoms with Crippen molar-refractivity contribution in [2.45, 2.75) is 37.6 Å². The minimum Gasteiger partial charge on any atom is -0.295 e. The molecule has 16 heavy (non-hydrogen) atoms. The second-order valence-electron chi connectivity index (χ2n) is 4.04. The van der Waals surface area contributed by atoms with Gasteiger partial charge in [-0.1, -0.05) is 0 Å². The number of nitrogens with zero attached hydrogens (tertiary/aromatic N) is 2. The maximum atomic E-state index is 13.0. The highest BCUT2D eigenvalue weighted by Crippen LogP contribution is 2.37. The average molecular weight is 293 g/mol. The Balaban J connectivity index is 2.21. The zero-order valence-corrected chi connectivity index (χ0v) is 10.1. The van der Waals surface area contributed by atoms with E-state index in [0.29, 0.717) is 17.3 Å². The van der Waals surface area contributed by atoms with Crippen molar-refractivity contribution in [1.82, 2.24) is 9.55 Å². The molecule has 0 N–H and O–H groups in total. The van der Waals surface area contributed by atoms with Crippen LogP contribution in [0.5, 0.6) is 0 Å². The van der Waals surface area contributed by atoms with Crippen molar-refractivity contribution < 1.29 is 8.78 Å². The van der Waals surface area contributed by atoms with E-state index in [1.807, 2.05) is 0 Å². The van der Waals surface area contributed by atoms with Crippen molar-refractivity contribution in [1.29, 1.82) is 0 Å². The molecule has 0 saturated heterocycles. The van der Waals surface area contributed by atoms with E-state index in [1.54, 1.807) is 0 Å². The fourth-order valence-electron chi connectivity index (χ4n) is 1.96. The first-order chi connectivity index (χ1) is 7.49. The second-order valence-corrected chi connectivity index (χ2v) is 4.90. The molecule has 1 aliphatic carbocycles. The van der Waals surface area contributed by atoms with Gasteiger partial charge in [-0.25, -0.2) is 13.8 Å². The Bertz CT molecular complexity index is 437. The molecule has 1 saturated carbocycles. The molecule has 6 heteroatoms. The summed E-state index contributed by atoms with van der Waals surface area (Å²) in [7, 11) is 0. The molecule has 0 unspecified atom stereocenters. The molecule has 0 radical (unpaired) electrons. The van der Waals surface area contributed by atoms with Crippen molar-refractivity contribution in [2.24, 2.45) is 0 Å². The van der Waals surface area contributed by atoms with Gasteiger partial charge in [0.2, 0.25) is 5.92 Å². The van der Waals surface area contributed by atoms with Crippen LogP contribution in [-0.2, 0) is 0 Å². The summed E-state index contributed by atoms with van der Waals surface area (Å²) in [4.78, 5) is 15.6. The highest BCUT2D eigenvalue weighted by Gasteiger charge is 2.35. The van der Waals surface area contributed by atoms with Gasteiger partial charge in [0.25, 0.3) is 5.56 Å². The molecule has 0 aliphatic heterocycles. The van der Waals surface area contributed by atoms with Crippen LogP contribution in [0.15, 0.2) is 21.8 Å². The Morgan fingerprint density at radius 1 is 1.44 bits per heavy atom. The monoisotopic (exact) mass is 292 g/mol. The maximum absolute atomic E-state index is 13.0. The highest BCUT2D eigenvalue weighted by molar-refractivity contribution is 9.10. The Hall–Kier alpha value is -0.780. The molecule has 1 aromatic rings. The molecule has 3 nitrogen and oxygen atoms in total. The topological polar surface area (TPSA) is 34.9 Å². The van der Waals surface area contributed by atoms with Gasteiger partial charge in [0.15, 0.2) is 0 Å². The number of rotatable bonds is 1. The number of hydrogen-bond acceptors (Lipinski definition) is 2. The molecule has 0 bridgehead atoms. The Morgan fingerprint density at radius 3 is 2.69 bits per heavy atom. The average Bonchev–Trinajstić information content (AvgIpc) is 2.23. The van der Waals surface area contributed by atoms with Crippen LogP contribution in [0.1, 0.15) is 31.7 Å². The van der Waals surface area contributed by atoms with Crippen LogP contribution < -0.4 is 5.56 Å². The van der Waals surface area contributed by atoms with Crippen LogP contribution in [0, 0.1) is 0 Å². The van der Waals surface area contributed by atoms with Crippen LogP contribution in [0.25, 0.3) is 0 Å². The van der Waals surface area contributed by atoms with E-state index in [1.165, 1.54) is 17.1 Å². The molecule has 0 atom stereocenters. The summed E-state index contributed by atoms with van der Waals surface area (Å²) < 4.78 is 27.7. The first-order valence-corrected chi connectivity index (χ1v) is 5.88. The fourth-order valence-corrected chi connectivity index (χ4v) is 2.29. The molecule has 0 spiro atoms. The summed E-state index contributed by atoms with van der Waals surface area (Å²) in [6, 6.07) is -0.155. The number of halogens is 3. The summed E-state index contributed by atoms with van der Waals surface area (Å²) in [6.45, 7) is 0. The third kappa shape index (κ3) is 2.31. The van der Waals surface area contributed by atoms with Crippen LogP contribution in [0.2, 0.25) is 0 Å². The van der Waals surface area contributed by atoms with E-state index in [0.717, 1.165) is 0 Å². The van der Waals surface area contributed by atoms with Crippen LogP contribution >= 0.6 is 15.9 Å². The van der Waals surface area contributed by atoms with E-state index in [9.17, 15) is 13.6 Å². The minimum atomic E-state index is -2.57. The lowest BCUT2D eigenvalue weighted by Gasteiger charge is -2.29. The van der Waals surface area contributed by atoms with Gasteiger partial charge in [0, 0.05) is 25.1 Å². The lowest BCUT2D eigenvalue weighted by Crippen LogP contribution is -2.32. The van der Waals surface area contributed by atoms with E-state index >= 15 is 0 Å². The molecule has 1 heterocycles. The van der Waals surface area contributed by atoms with Crippen molar-refractivity contribution >= 4 is 15.9 Å². The van der Waals surface area contributed by atoms with Crippen molar-refractivity contribution in [3.63, 3.8) is 0 Å². The van der Waals surface area contributed by atoms with Crippen molar-refractivity contribution in [2.75, 3.05) is 0 Å². The van der Waals surface area contributed by atoms with Crippen LogP contribution in [0.3, 0.4) is 0 Å². The lowest BCUT2D eigenvalue weighted by molar-refractivity contribution is -0.0443. The Morgan fingerprint density at radius 2 is 2.06 bits per heavy atom. The summed E-state index contributed by atoms with van der Waals surface area (Å²) in [5.74, 6) is -2.57. The molecular weight excluding hydrogens is 282 g/mol. The zero-order valence-electron chi connectivity index (χ0n) is 8.50. The largest absolute Gasteiger partial charge is 0.295 e. The third-order valence-electron chi connectivity index (χ3n) is 2.90. The van der Waals surface area contributed by atoms with Gasteiger partial charge in [-0.05, 0) is 28.8 Å². The molecule has 1 fully saturated rings. The fraction of sp³-hybridized carbons (Fsp3) is 0.600. The molecule has 0 aromatic carbocycles. The second kappa shape index (κ2) is 4.24. The van der Waals surface area contributed by atoms with Crippen molar-refractivity contribution in [3.8, 4) is 0 Å². The molecule has 0 amide bonds. The summed E-state index contributed by atoms with van der Waals surface area (Å²) in [5.41, 5.74) is -0.204.